The zero-order valence-electron chi connectivity index (χ0n) is 23.9. The lowest BCUT2D eigenvalue weighted by Crippen LogP contribution is -2.47. The molecule has 2 fully saturated rings. The van der Waals surface area contributed by atoms with Gasteiger partial charge >= 0.3 is 6.03 Å². The van der Waals surface area contributed by atoms with Crippen LogP contribution in [0.4, 0.5) is 10.5 Å². The highest BCUT2D eigenvalue weighted by molar-refractivity contribution is 6.34. The normalized spacial score (nSPS) is 28.1. The third kappa shape index (κ3) is 5.54. The van der Waals surface area contributed by atoms with Gasteiger partial charge in [-0.3, -0.25) is 4.90 Å². The van der Waals surface area contributed by atoms with Gasteiger partial charge in [-0.05, 0) is 63.0 Å². The van der Waals surface area contributed by atoms with E-state index in [9.17, 15) is 4.79 Å². The maximum absolute atomic E-state index is 11.9. The first kappa shape index (κ1) is 13.7. The Bertz CT molecular complexity index is 917. The number of piperazine rings is 1. The van der Waals surface area contributed by atoms with Gasteiger partial charge in [0.25, 0.3) is 0 Å². The first-order chi connectivity index (χ1) is 16.2. The van der Waals surface area contributed by atoms with Gasteiger partial charge in [0.1, 0.15) is 0 Å². The largest absolute Gasteiger partial charge is 0.368 e. The van der Waals surface area contributed by atoms with Crippen LogP contribution in [0.2, 0.25) is 5.02 Å². The van der Waals surface area contributed by atoms with Crippen LogP contribution in [0, 0.1) is 12.8 Å². The second-order valence-corrected chi connectivity index (χ2v) is 8.16. The molecule has 0 bridgehead atoms. The van der Waals surface area contributed by atoms with Crippen molar-refractivity contribution >= 4 is 23.3 Å². The van der Waals surface area contributed by atoms with E-state index in [1.807, 2.05) is 4.90 Å². The van der Waals surface area contributed by atoms with E-state index < -0.39 is 18.8 Å². The second-order valence-electron chi connectivity index (χ2n) is 7.79. The van der Waals surface area contributed by atoms with Crippen LogP contribution < -0.4 is 10.2 Å². The zero-order valence-corrected chi connectivity index (χ0v) is 17.7. The van der Waals surface area contributed by atoms with Gasteiger partial charge in [0.05, 0.1) is 14.8 Å². The smallest absolute Gasteiger partial charge is 0.317 e. The van der Waals surface area contributed by atoms with Gasteiger partial charge < -0.3 is 15.1 Å². The summed E-state index contributed by atoms with van der Waals surface area (Å²) in [6.07, 6.45) is 0.126. The van der Waals surface area contributed by atoms with E-state index in [1.54, 1.807) is 21.0 Å². The molecule has 0 spiro atoms. The van der Waals surface area contributed by atoms with E-state index in [2.05, 4.69) is 5.32 Å². The van der Waals surface area contributed by atoms with Crippen LogP contribution in [0.15, 0.2) is 18.1 Å². The minimum absolute atomic E-state index is 0.0318. The Kier molecular flexibility index (Phi) is 4.82. The van der Waals surface area contributed by atoms with E-state index in [-0.39, 0.29) is 48.3 Å². The molecule has 0 radical (unpaired) electrons. The fourth-order valence-electron chi connectivity index (χ4n) is 3.60. The second kappa shape index (κ2) is 9.84. The van der Waals surface area contributed by atoms with Gasteiger partial charge in [0.2, 0.25) is 0 Å². The van der Waals surface area contributed by atoms with Gasteiger partial charge in [-0.25, -0.2) is 4.79 Å². The van der Waals surface area contributed by atoms with Crippen LogP contribution in [-0.4, -0.2) is 68.6 Å². The summed E-state index contributed by atoms with van der Waals surface area (Å²) >= 11 is 6.43. The van der Waals surface area contributed by atoms with Gasteiger partial charge in [-0.2, -0.15) is 0 Å². The standard InChI is InChI=1S/C22H35ClN4O/c1-17-5-4-6-20(21(17)23)27-15-13-26(14-16-27)12-11-18-7-9-19(10-8-18)24-22(28)25(2)3/h4-6,18-19H,7-16H2,1-3H3,(H,24,28)/t18-,19-/i4D,5D,6D,11D2,12D2. The Labute approximate surface area is 184 Å². The molecule has 1 saturated heterocycles. The van der Waals surface area contributed by atoms with Gasteiger partial charge in [-0.15, -0.1) is 0 Å². The summed E-state index contributed by atoms with van der Waals surface area (Å²) in [6, 6.07) is -0.576. The summed E-state index contributed by atoms with van der Waals surface area (Å²) in [5.41, 5.74) is 0.820. The van der Waals surface area contributed by atoms with Gasteiger partial charge in [0, 0.05) is 51.8 Å². The minimum atomic E-state index is -2.20. The Morgan fingerprint density at radius 1 is 1.25 bits per heavy atom. The van der Waals surface area contributed by atoms with Crippen molar-refractivity contribution in [1.29, 1.82) is 0 Å². The Balaban J connectivity index is 1.66. The topological polar surface area (TPSA) is 38.8 Å². The number of halogens is 1. The molecule has 6 heteroatoms. The summed E-state index contributed by atoms with van der Waals surface area (Å²) in [6.45, 7) is 0.604. The third-order valence-electron chi connectivity index (χ3n) is 5.45. The molecule has 2 amide bonds. The van der Waals surface area contributed by atoms with Crippen LogP contribution >= 0.6 is 11.6 Å². The number of amides is 2. The van der Waals surface area contributed by atoms with E-state index in [0.29, 0.717) is 50.0 Å². The van der Waals surface area contributed by atoms with Crippen LogP contribution in [0.1, 0.15) is 47.2 Å². The average molecular weight is 414 g/mol. The van der Waals surface area contributed by atoms with Crippen molar-refractivity contribution in [3.8, 4) is 0 Å². The van der Waals surface area contributed by atoms with Crippen molar-refractivity contribution < 1.29 is 14.4 Å². The molecular weight excluding hydrogens is 372 g/mol. The Hall–Kier alpha value is -1.46. The number of hydrogen-bond donors (Lipinski definition) is 1. The molecule has 0 atom stereocenters. The highest BCUT2D eigenvalue weighted by Crippen LogP contribution is 2.30. The molecule has 0 aromatic heterocycles. The monoisotopic (exact) mass is 413 g/mol. The fourth-order valence-corrected chi connectivity index (χ4v) is 3.81. The summed E-state index contributed by atoms with van der Waals surface area (Å²) in [4.78, 5) is 16.7. The van der Waals surface area contributed by atoms with Crippen molar-refractivity contribution in [2.45, 2.75) is 45.0 Å². The number of carbonyl (C=O) groups excluding carboxylic acids is 1. The molecule has 3 rings (SSSR count). The van der Waals surface area contributed by atoms with Crippen LogP contribution in [0.3, 0.4) is 0 Å². The van der Waals surface area contributed by atoms with Crippen molar-refractivity contribution in [2.75, 3.05) is 51.7 Å². The SMILES string of the molecule is [2H]c1c([2H])c(C)c(Cl)c(N2CCN(C([2H])([2H])C([2H])([2H])[C@H]3CC[C@H](NC(=O)N(C)C)CC3)CC2)c1[2H]. The molecule has 1 saturated carbocycles. The molecule has 0 unspecified atom stereocenters. The number of benzene rings is 1. The summed E-state index contributed by atoms with van der Waals surface area (Å²) in [5.74, 6) is -0.463. The van der Waals surface area contributed by atoms with Crippen molar-refractivity contribution in [3.05, 3.63) is 28.7 Å². The van der Waals surface area contributed by atoms with Crippen LogP contribution in [0.5, 0.6) is 0 Å². The van der Waals surface area contributed by atoms with Gasteiger partial charge in [0.15, 0.2) is 0 Å². The average Bonchev–Trinajstić information content (AvgIpc) is 2.82. The van der Waals surface area contributed by atoms with Gasteiger partial charge in [-0.1, -0.05) is 23.7 Å². The van der Waals surface area contributed by atoms with Crippen molar-refractivity contribution in [1.82, 2.24) is 15.1 Å². The minimum Gasteiger partial charge on any atom is -0.368 e. The molecule has 1 aromatic rings. The van der Waals surface area contributed by atoms with E-state index >= 15 is 0 Å². The summed E-state index contributed by atoms with van der Waals surface area (Å²) in [7, 11) is 3.34. The lowest BCUT2D eigenvalue weighted by molar-refractivity contribution is 0.194. The molecule has 5 nitrogen and oxygen atoms in total. The molecule has 1 N–H and O–H groups in total. The summed E-state index contributed by atoms with van der Waals surface area (Å²) < 4.78 is 59.2. The number of rotatable bonds is 5. The lowest BCUT2D eigenvalue weighted by Gasteiger charge is -2.37. The highest BCUT2D eigenvalue weighted by Gasteiger charge is 2.24. The fraction of sp³-hybridized carbons (Fsp3) is 0.682. The quantitative estimate of drug-likeness (QED) is 0.793. The highest BCUT2D eigenvalue weighted by atomic mass is 35.5. The van der Waals surface area contributed by atoms with E-state index in [1.165, 1.54) is 9.80 Å². The lowest BCUT2D eigenvalue weighted by atomic mass is 9.84. The molecule has 1 aliphatic carbocycles. The Morgan fingerprint density at radius 3 is 2.57 bits per heavy atom. The van der Waals surface area contributed by atoms with E-state index in [4.69, 9.17) is 21.2 Å². The van der Waals surface area contributed by atoms with Crippen molar-refractivity contribution in [2.24, 2.45) is 5.92 Å². The molecule has 2 aliphatic rings. The number of nitrogens with zero attached hydrogens (tertiary/aromatic N) is 3. The zero-order chi connectivity index (χ0) is 26.3. The predicted molar refractivity (Wildman–Crippen MR) is 117 cm³/mol. The van der Waals surface area contributed by atoms with Crippen LogP contribution in [0.25, 0.3) is 0 Å². The van der Waals surface area contributed by atoms with Crippen LogP contribution in [-0.2, 0) is 0 Å². The predicted octanol–water partition coefficient (Wildman–Crippen LogP) is 3.99. The number of carbonyl (C=O) groups is 1. The maximum Gasteiger partial charge on any atom is 0.317 e. The third-order valence-corrected chi connectivity index (χ3v) is 5.91. The van der Waals surface area contributed by atoms with Crippen molar-refractivity contribution in [3.63, 3.8) is 0 Å². The summed E-state index contributed by atoms with van der Waals surface area (Å²) in [5, 5.41) is 3.20. The molecule has 1 aromatic carbocycles. The molecule has 1 heterocycles. The first-order valence-electron chi connectivity index (χ1n) is 13.4. The number of hydrogen-bond acceptors (Lipinski definition) is 3. The molecule has 1 aliphatic heterocycles. The Morgan fingerprint density at radius 2 is 1.93 bits per heavy atom. The number of nitrogens with one attached hydrogen (secondary N) is 1. The maximum atomic E-state index is 11.9. The number of urea groups is 1. The molecular formula is C22H35ClN4O. The molecule has 28 heavy (non-hydrogen) atoms. The molecule has 156 valence electrons. The van der Waals surface area contributed by atoms with E-state index in [0.717, 1.165) is 0 Å². The first-order valence-corrected chi connectivity index (χ1v) is 10.3. The number of anilines is 1.